The Morgan fingerprint density at radius 1 is 1.44 bits per heavy atom. The summed E-state index contributed by atoms with van der Waals surface area (Å²) < 4.78 is 0. The molecule has 2 atom stereocenters. The number of amides is 1. The number of carbonyl (C=O) groups is 1. The summed E-state index contributed by atoms with van der Waals surface area (Å²) in [5, 5.41) is 12.4. The molecule has 1 fully saturated rings. The van der Waals surface area contributed by atoms with E-state index in [1.807, 2.05) is 4.90 Å². The zero-order chi connectivity index (χ0) is 13.5. The molecule has 1 amide bonds. The maximum Gasteiger partial charge on any atom is 0.239 e. The highest BCUT2D eigenvalue weighted by Crippen LogP contribution is 2.18. The molecule has 1 aliphatic heterocycles. The van der Waals surface area contributed by atoms with Crippen molar-refractivity contribution in [2.45, 2.75) is 58.5 Å². The molecule has 0 aromatic carbocycles. The lowest BCUT2D eigenvalue weighted by Gasteiger charge is -2.24. The van der Waals surface area contributed by atoms with Crippen LogP contribution in [0.15, 0.2) is 0 Å². The van der Waals surface area contributed by atoms with Crippen LogP contribution >= 0.6 is 0 Å². The van der Waals surface area contributed by atoms with Crippen LogP contribution in [-0.4, -0.2) is 47.7 Å². The third kappa shape index (κ3) is 4.58. The van der Waals surface area contributed by atoms with Crippen LogP contribution in [0.5, 0.6) is 0 Å². The van der Waals surface area contributed by atoms with E-state index in [1.54, 1.807) is 0 Å². The first-order chi connectivity index (χ1) is 8.58. The summed E-state index contributed by atoms with van der Waals surface area (Å²) in [4.78, 5) is 14.2. The van der Waals surface area contributed by atoms with E-state index < -0.39 is 0 Å². The van der Waals surface area contributed by atoms with Crippen molar-refractivity contribution in [1.82, 2.24) is 10.2 Å². The van der Waals surface area contributed by atoms with Gasteiger partial charge in [-0.3, -0.25) is 4.79 Å². The average molecular weight is 256 g/mol. The first kappa shape index (κ1) is 15.4. The van der Waals surface area contributed by atoms with E-state index in [0.29, 0.717) is 12.0 Å². The highest BCUT2D eigenvalue weighted by Gasteiger charge is 2.32. The Labute approximate surface area is 111 Å². The molecule has 1 heterocycles. The van der Waals surface area contributed by atoms with Crippen molar-refractivity contribution in [1.29, 1.82) is 0 Å². The number of likely N-dealkylation sites (tertiary alicyclic amines) is 1. The molecule has 0 spiro atoms. The summed E-state index contributed by atoms with van der Waals surface area (Å²) in [6, 6.07) is 0.351. The summed E-state index contributed by atoms with van der Waals surface area (Å²) in [6.45, 7) is 8.18. The fourth-order valence-corrected chi connectivity index (χ4v) is 2.71. The van der Waals surface area contributed by atoms with E-state index in [0.717, 1.165) is 38.8 Å². The molecule has 0 aromatic rings. The van der Waals surface area contributed by atoms with E-state index in [9.17, 15) is 4.79 Å². The van der Waals surface area contributed by atoms with Crippen molar-refractivity contribution >= 4 is 5.91 Å². The van der Waals surface area contributed by atoms with Gasteiger partial charge >= 0.3 is 0 Å². The van der Waals surface area contributed by atoms with Gasteiger partial charge < -0.3 is 15.3 Å². The van der Waals surface area contributed by atoms with Crippen molar-refractivity contribution in [3.63, 3.8) is 0 Å². The van der Waals surface area contributed by atoms with E-state index >= 15 is 0 Å². The third-order valence-electron chi connectivity index (χ3n) is 3.54. The molecule has 0 bridgehead atoms. The number of nitrogens with zero attached hydrogens (tertiary/aromatic N) is 1. The topological polar surface area (TPSA) is 52.6 Å². The number of aliphatic hydroxyl groups is 1. The second-order valence-corrected chi connectivity index (χ2v) is 5.61. The molecule has 1 saturated heterocycles. The molecule has 4 heteroatoms. The van der Waals surface area contributed by atoms with Gasteiger partial charge in [0, 0.05) is 25.7 Å². The van der Waals surface area contributed by atoms with Crippen LogP contribution < -0.4 is 5.32 Å². The number of carbonyl (C=O) groups excluding carboxylic acids is 1. The Bertz CT molecular complexity index is 250. The molecular formula is C14H28N2O2. The van der Waals surface area contributed by atoms with E-state index in [-0.39, 0.29) is 18.6 Å². The molecule has 2 unspecified atom stereocenters. The highest BCUT2D eigenvalue weighted by atomic mass is 16.3. The molecule has 4 nitrogen and oxygen atoms in total. The van der Waals surface area contributed by atoms with Gasteiger partial charge in [-0.25, -0.2) is 0 Å². The molecule has 0 saturated carbocycles. The van der Waals surface area contributed by atoms with Gasteiger partial charge in [-0.1, -0.05) is 27.2 Å². The van der Waals surface area contributed by atoms with Crippen molar-refractivity contribution < 1.29 is 9.90 Å². The highest BCUT2D eigenvalue weighted by molar-refractivity contribution is 5.84. The molecule has 0 aromatic heterocycles. The number of hydrogen-bond donors (Lipinski definition) is 2. The van der Waals surface area contributed by atoms with Gasteiger partial charge in [0.1, 0.15) is 0 Å². The normalized spacial score (nSPS) is 21.9. The Hall–Kier alpha value is -0.610. The fourth-order valence-electron chi connectivity index (χ4n) is 2.71. The first-order valence-corrected chi connectivity index (χ1v) is 7.24. The van der Waals surface area contributed by atoms with Gasteiger partial charge in [-0.15, -0.1) is 0 Å². The van der Waals surface area contributed by atoms with Crippen LogP contribution in [0.1, 0.15) is 46.5 Å². The predicted octanol–water partition coefficient (Wildman–Crippen LogP) is 1.38. The minimum Gasteiger partial charge on any atom is -0.396 e. The van der Waals surface area contributed by atoms with Gasteiger partial charge in [0.2, 0.25) is 5.91 Å². The number of hydrogen-bond acceptors (Lipinski definition) is 3. The maximum absolute atomic E-state index is 12.2. The fraction of sp³-hybridized carbons (Fsp3) is 0.929. The molecule has 2 N–H and O–H groups in total. The molecule has 1 rings (SSSR count). The van der Waals surface area contributed by atoms with Crippen LogP contribution in [0.25, 0.3) is 0 Å². The molecular weight excluding hydrogens is 228 g/mol. The van der Waals surface area contributed by atoms with E-state index in [1.165, 1.54) is 0 Å². The number of aliphatic hydroxyl groups excluding tert-OH is 1. The van der Waals surface area contributed by atoms with Crippen molar-refractivity contribution in [3.05, 3.63) is 0 Å². The first-order valence-electron chi connectivity index (χ1n) is 7.24. The molecule has 18 heavy (non-hydrogen) atoms. The Morgan fingerprint density at radius 2 is 2.17 bits per heavy atom. The van der Waals surface area contributed by atoms with Gasteiger partial charge in [0.25, 0.3) is 0 Å². The zero-order valence-electron chi connectivity index (χ0n) is 12.0. The van der Waals surface area contributed by atoms with Crippen LogP contribution in [0, 0.1) is 5.92 Å². The summed E-state index contributed by atoms with van der Waals surface area (Å²) in [6.07, 6.45) is 3.92. The van der Waals surface area contributed by atoms with Gasteiger partial charge in [-0.05, 0) is 25.2 Å². The summed E-state index contributed by atoms with van der Waals surface area (Å²) in [5.74, 6) is 0.685. The standard InChI is InChI=1S/C14H28N2O2/c1-4-5-12(7-9-17)10-16-8-6-13(14(16)18)15-11(2)3/h11-13,15,17H,4-10H2,1-3H3. The largest absolute Gasteiger partial charge is 0.396 e. The second kappa shape index (κ2) is 7.74. The van der Waals surface area contributed by atoms with Crippen molar-refractivity contribution in [3.8, 4) is 0 Å². The lowest BCUT2D eigenvalue weighted by molar-refractivity contribution is -0.130. The van der Waals surface area contributed by atoms with Crippen LogP contribution in [0.4, 0.5) is 0 Å². The molecule has 106 valence electrons. The number of nitrogens with one attached hydrogen (secondary N) is 1. The lowest BCUT2D eigenvalue weighted by Crippen LogP contribution is -2.42. The third-order valence-corrected chi connectivity index (χ3v) is 3.54. The molecule has 1 aliphatic rings. The van der Waals surface area contributed by atoms with Crippen LogP contribution in [0.2, 0.25) is 0 Å². The smallest absolute Gasteiger partial charge is 0.239 e. The van der Waals surface area contributed by atoms with Crippen molar-refractivity contribution in [2.75, 3.05) is 19.7 Å². The summed E-state index contributed by atoms with van der Waals surface area (Å²) in [5.41, 5.74) is 0. The summed E-state index contributed by atoms with van der Waals surface area (Å²) in [7, 11) is 0. The minimum atomic E-state index is 0.00130. The number of rotatable bonds is 8. The average Bonchev–Trinajstić information content (AvgIpc) is 2.62. The van der Waals surface area contributed by atoms with Crippen LogP contribution in [-0.2, 0) is 4.79 Å². The SMILES string of the molecule is CCCC(CCO)CN1CCC(NC(C)C)C1=O. The van der Waals surface area contributed by atoms with Gasteiger partial charge in [0.15, 0.2) is 0 Å². The zero-order valence-corrected chi connectivity index (χ0v) is 12.0. The lowest BCUT2D eigenvalue weighted by atomic mass is 10.00. The van der Waals surface area contributed by atoms with E-state index in [4.69, 9.17) is 5.11 Å². The van der Waals surface area contributed by atoms with Crippen LogP contribution in [0.3, 0.4) is 0 Å². The Kier molecular flexibility index (Phi) is 6.65. The maximum atomic E-state index is 12.2. The quantitative estimate of drug-likeness (QED) is 0.690. The Morgan fingerprint density at radius 3 is 2.72 bits per heavy atom. The molecule has 0 aliphatic carbocycles. The Balaban J connectivity index is 2.45. The second-order valence-electron chi connectivity index (χ2n) is 5.61. The predicted molar refractivity (Wildman–Crippen MR) is 73.4 cm³/mol. The van der Waals surface area contributed by atoms with E-state index in [2.05, 4.69) is 26.1 Å². The monoisotopic (exact) mass is 256 g/mol. The van der Waals surface area contributed by atoms with Gasteiger partial charge in [-0.2, -0.15) is 0 Å². The molecule has 0 radical (unpaired) electrons. The summed E-state index contributed by atoms with van der Waals surface area (Å²) >= 11 is 0. The van der Waals surface area contributed by atoms with Gasteiger partial charge in [0.05, 0.1) is 6.04 Å². The van der Waals surface area contributed by atoms with Crippen molar-refractivity contribution in [2.24, 2.45) is 5.92 Å². The minimum absolute atomic E-state index is 0.00130.